The second-order valence-corrected chi connectivity index (χ2v) is 5.51. The molecule has 0 aliphatic carbocycles. The maximum absolute atomic E-state index is 12.2. The molecule has 4 amide bonds. The van der Waals surface area contributed by atoms with Crippen LogP contribution < -0.4 is 20.3 Å². The number of hydrogen-bond donors (Lipinski definition) is 3. The number of nitrogens with zero attached hydrogens (tertiary/aromatic N) is 1. The fourth-order valence-electron chi connectivity index (χ4n) is 2.46. The lowest BCUT2D eigenvalue weighted by molar-refractivity contribution is -0.881. The maximum Gasteiger partial charge on any atom is 0.324 e. The number of benzene rings is 1. The monoisotopic (exact) mass is 335 g/mol. The van der Waals surface area contributed by atoms with Crippen LogP contribution in [-0.2, 0) is 9.59 Å². The summed E-state index contributed by atoms with van der Waals surface area (Å²) in [4.78, 5) is 37.8. The van der Waals surface area contributed by atoms with E-state index in [0.717, 1.165) is 4.90 Å². The van der Waals surface area contributed by atoms with Gasteiger partial charge in [-0.1, -0.05) is 6.07 Å². The molecule has 130 valence electrons. The van der Waals surface area contributed by atoms with Crippen molar-refractivity contribution in [3.8, 4) is 5.75 Å². The Hall–Kier alpha value is -2.61. The van der Waals surface area contributed by atoms with Gasteiger partial charge < -0.3 is 20.3 Å². The van der Waals surface area contributed by atoms with Gasteiger partial charge in [0.15, 0.2) is 13.1 Å². The van der Waals surface area contributed by atoms with E-state index in [4.69, 9.17) is 4.74 Å². The van der Waals surface area contributed by atoms with Crippen LogP contribution in [0, 0.1) is 0 Å². The molecule has 24 heavy (non-hydrogen) atoms. The highest BCUT2D eigenvalue weighted by Gasteiger charge is 2.29. The molecule has 0 bridgehead atoms. The normalized spacial score (nSPS) is 14.9. The van der Waals surface area contributed by atoms with E-state index in [1.54, 1.807) is 31.4 Å². The maximum atomic E-state index is 12.2. The Morgan fingerprint density at radius 2 is 2.17 bits per heavy atom. The number of anilines is 1. The number of imide groups is 1. The van der Waals surface area contributed by atoms with Crippen LogP contribution in [0.25, 0.3) is 0 Å². The molecule has 1 atom stereocenters. The summed E-state index contributed by atoms with van der Waals surface area (Å²) in [6.07, 6.45) is 0. The molecule has 1 aliphatic heterocycles. The second kappa shape index (κ2) is 8.30. The lowest BCUT2D eigenvalue weighted by Crippen LogP contribution is -3.14. The van der Waals surface area contributed by atoms with Crippen molar-refractivity contribution in [2.24, 2.45) is 0 Å². The molecule has 1 unspecified atom stereocenters. The Labute approximate surface area is 140 Å². The first kappa shape index (κ1) is 17.7. The largest absolute Gasteiger partial charge is 0.497 e. The van der Waals surface area contributed by atoms with Crippen molar-refractivity contribution in [3.63, 3.8) is 0 Å². The predicted octanol–water partition coefficient (Wildman–Crippen LogP) is -0.910. The number of amides is 4. The lowest BCUT2D eigenvalue weighted by atomic mass is 10.3. The molecule has 1 saturated heterocycles. The first-order chi connectivity index (χ1) is 11.5. The average Bonchev–Trinajstić information content (AvgIpc) is 3.00. The van der Waals surface area contributed by atoms with Crippen molar-refractivity contribution in [1.29, 1.82) is 0 Å². The SMILES string of the molecule is CC[NH+](CC(=O)Nc1cccc(OC)c1)CC(=O)N1CCNC1=O. The highest BCUT2D eigenvalue weighted by molar-refractivity contribution is 5.96. The van der Waals surface area contributed by atoms with Gasteiger partial charge in [-0.3, -0.25) is 14.5 Å². The number of carbonyl (C=O) groups excluding carboxylic acids is 3. The quantitative estimate of drug-likeness (QED) is 0.602. The third kappa shape index (κ3) is 4.69. The number of rotatable bonds is 7. The van der Waals surface area contributed by atoms with Crippen LogP contribution in [0.4, 0.5) is 10.5 Å². The molecule has 0 aromatic heterocycles. The van der Waals surface area contributed by atoms with Gasteiger partial charge in [0.25, 0.3) is 11.8 Å². The molecular formula is C16H23N4O4+. The van der Waals surface area contributed by atoms with Gasteiger partial charge in [-0.05, 0) is 19.1 Å². The standard InChI is InChI=1S/C16H22N4O4/c1-3-19(11-15(22)20-8-7-17-16(20)23)10-14(21)18-12-5-4-6-13(9-12)24-2/h4-6,9H,3,7-8,10-11H2,1-2H3,(H,17,23)(H,18,21)/p+1. The zero-order valence-electron chi connectivity index (χ0n) is 13.9. The Kier molecular flexibility index (Phi) is 6.14. The van der Waals surface area contributed by atoms with E-state index in [0.29, 0.717) is 31.1 Å². The van der Waals surface area contributed by atoms with E-state index in [2.05, 4.69) is 10.6 Å². The number of ether oxygens (including phenoxy) is 1. The molecule has 3 N–H and O–H groups in total. The van der Waals surface area contributed by atoms with E-state index >= 15 is 0 Å². The van der Waals surface area contributed by atoms with Crippen LogP contribution in [0.3, 0.4) is 0 Å². The summed E-state index contributed by atoms with van der Waals surface area (Å²) in [5.41, 5.74) is 0.639. The van der Waals surface area contributed by atoms with Crippen molar-refractivity contribution in [1.82, 2.24) is 10.2 Å². The first-order valence-corrected chi connectivity index (χ1v) is 7.89. The van der Waals surface area contributed by atoms with Crippen LogP contribution in [0.5, 0.6) is 5.75 Å². The molecule has 0 radical (unpaired) electrons. The van der Waals surface area contributed by atoms with Crippen molar-refractivity contribution >= 4 is 23.5 Å². The summed E-state index contributed by atoms with van der Waals surface area (Å²) < 4.78 is 5.11. The number of hydrogen-bond acceptors (Lipinski definition) is 4. The highest BCUT2D eigenvalue weighted by atomic mass is 16.5. The van der Waals surface area contributed by atoms with Crippen LogP contribution in [0.2, 0.25) is 0 Å². The van der Waals surface area contributed by atoms with Crippen LogP contribution in [-0.4, -0.2) is 62.6 Å². The van der Waals surface area contributed by atoms with E-state index < -0.39 is 0 Å². The molecule has 1 aromatic carbocycles. The van der Waals surface area contributed by atoms with Crippen molar-refractivity contribution in [2.75, 3.05) is 45.2 Å². The van der Waals surface area contributed by atoms with Crippen LogP contribution in [0.15, 0.2) is 24.3 Å². The van der Waals surface area contributed by atoms with Gasteiger partial charge >= 0.3 is 6.03 Å². The van der Waals surface area contributed by atoms with Crippen LogP contribution >= 0.6 is 0 Å². The molecule has 1 aromatic rings. The van der Waals surface area contributed by atoms with Gasteiger partial charge in [0.1, 0.15) is 5.75 Å². The molecule has 1 aliphatic rings. The topological polar surface area (TPSA) is 92.2 Å². The molecule has 2 rings (SSSR count). The smallest absolute Gasteiger partial charge is 0.324 e. The first-order valence-electron chi connectivity index (χ1n) is 7.89. The number of urea groups is 1. The van der Waals surface area contributed by atoms with E-state index in [9.17, 15) is 14.4 Å². The van der Waals surface area contributed by atoms with Crippen molar-refractivity contribution in [3.05, 3.63) is 24.3 Å². The van der Waals surface area contributed by atoms with Crippen molar-refractivity contribution in [2.45, 2.75) is 6.92 Å². The zero-order chi connectivity index (χ0) is 17.5. The molecule has 0 spiro atoms. The summed E-state index contributed by atoms with van der Waals surface area (Å²) in [6, 6.07) is 6.71. The number of carbonyl (C=O) groups is 3. The minimum atomic E-state index is -0.365. The Balaban J connectivity index is 1.88. The van der Waals surface area contributed by atoms with Gasteiger partial charge in [0.05, 0.1) is 13.7 Å². The minimum Gasteiger partial charge on any atom is -0.497 e. The summed E-state index contributed by atoms with van der Waals surface area (Å²) in [6.45, 7) is 3.61. The second-order valence-electron chi connectivity index (χ2n) is 5.51. The zero-order valence-corrected chi connectivity index (χ0v) is 13.9. The fraction of sp³-hybridized carbons (Fsp3) is 0.438. The summed E-state index contributed by atoms with van der Waals surface area (Å²) in [5, 5.41) is 5.38. The number of nitrogens with one attached hydrogen (secondary N) is 3. The third-order valence-corrected chi connectivity index (χ3v) is 3.82. The van der Waals surface area contributed by atoms with Gasteiger partial charge in [-0.25, -0.2) is 4.79 Å². The molecule has 1 heterocycles. The third-order valence-electron chi connectivity index (χ3n) is 3.82. The Morgan fingerprint density at radius 3 is 2.79 bits per heavy atom. The minimum absolute atomic E-state index is 0.107. The fourth-order valence-corrected chi connectivity index (χ4v) is 2.46. The Bertz CT molecular complexity index is 620. The highest BCUT2D eigenvalue weighted by Crippen LogP contribution is 2.16. The molecule has 0 saturated carbocycles. The van der Waals surface area contributed by atoms with Gasteiger partial charge in [0.2, 0.25) is 0 Å². The number of methoxy groups -OCH3 is 1. The number of quaternary nitrogens is 1. The summed E-state index contributed by atoms with van der Waals surface area (Å²) in [7, 11) is 1.56. The number of likely N-dealkylation sites (N-methyl/N-ethyl adjacent to an activating group) is 1. The predicted molar refractivity (Wildman–Crippen MR) is 88.0 cm³/mol. The average molecular weight is 335 g/mol. The molecule has 8 nitrogen and oxygen atoms in total. The Morgan fingerprint density at radius 1 is 1.38 bits per heavy atom. The van der Waals surface area contributed by atoms with E-state index in [1.165, 1.54) is 4.90 Å². The van der Waals surface area contributed by atoms with Gasteiger partial charge in [-0.15, -0.1) is 0 Å². The van der Waals surface area contributed by atoms with Gasteiger partial charge in [0, 0.05) is 24.8 Å². The van der Waals surface area contributed by atoms with Crippen LogP contribution in [0.1, 0.15) is 6.92 Å². The molecule has 1 fully saturated rings. The lowest BCUT2D eigenvalue weighted by Gasteiger charge is -2.19. The van der Waals surface area contributed by atoms with Gasteiger partial charge in [-0.2, -0.15) is 0 Å². The molecule has 8 heteroatoms. The summed E-state index contributed by atoms with van der Waals surface area (Å²) in [5.74, 6) is 0.192. The molecular weight excluding hydrogens is 312 g/mol. The summed E-state index contributed by atoms with van der Waals surface area (Å²) >= 11 is 0. The van der Waals surface area contributed by atoms with E-state index in [-0.39, 0.29) is 30.9 Å². The van der Waals surface area contributed by atoms with E-state index in [1.807, 2.05) is 6.92 Å². The van der Waals surface area contributed by atoms with Crippen molar-refractivity contribution < 1.29 is 24.0 Å².